The van der Waals surface area contributed by atoms with Crippen molar-refractivity contribution in [1.82, 2.24) is 0 Å². The van der Waals surface area contributed by atoms with Crippen molar-refractivity contribution in [2.75, 3.05) is 20.7 Å². The van der Waals surface area contributed by atoms with Gasteiger partial charge in [-0.3, -0.25) is 4.79 Å². The lowest BCUT2D eigenvalue weighted by molar-refractivity contribution is -0.248. The van der Waals surface area contributed by atoms with Crippen LogP contribution in [0, 0.1) is 0 Å². The fourth-order valence-electron chi connectivity index (χ4n) is 3.80. The van der Waals surface area contributed by atoms with Gasteiger partial charge < -0.3 is 23.7 Å². The Morgan fingerprint density at radius 2 is 1.24 bits per heavy atom. The van der Waals surface area contributed by atoms with Crippen molar-refractivity contribution in [3.05, 3.63) is 107 Å². The van der Waals surface area contributed by atoms with Gasteiger partial charge in [-0.05, 0) is 28.7 Å². The molecule has 0 fully saturated rings. The molecule has 0 aromatic heterocycles. The molecule has 0 aliphatic carbocycles. The maximum atomic E-state index is 14.1. The van der Waals surface area contributed by atoms with Crippen LogP contribution in [0.4, 0.5) is 13.2 Å². The molecule has 38 heavy (non-hydrogen) atoms. The zero-order chi connectivity index (χ0) is 27.2. The van der Waals surface area contributed by atoms with Gasteiger partial charge >= 0.3 is 12.1 Å². The average molecular weight is 533 g/mol. The first-order chi connectivity index (χ1) is 18.4. The summed E-state index contributed by atoms with van der Waals surface area (Å²) >= 11 is 0. The summed E-state index contributed by atoms with van der Waals surface area (Å²) < 4.78 is 69.1. The highest BCUT2D eigenvalue weighted by atomic mass is 19.4. The van der Waals surface area contributed by atoms with E-state index in [-0.39, 0.29) is 44.0 Å². The van der Waals surface area contributed by atoms with E-state index < -0.39 is 31.1 Å². The summed E-state index contributed by atoms with van der Waals surface area (Å²) in [4.78, 5) is 11.8. The Kier molecular flexibility index (Phi) is 11.8. The van der Waals surface area contributed by atoms with Gasteiger partial charge in [0.15, 0.2) is 6.10 Å². The minimum absolute atomic E-state index is 0.0497. The molecule has 2 atom stereocenters. The SMILES string of the molecule is COC(=O)CCC(OCOCc1ccccc1)c1ccccc1C(OCOCc1ccccc1)C(F)(F)F. The van der Waals surface area contributed by atoms with Crippen LogP contribution in [-0.4, -0.2) is 32.8 Å². The van der Waals surface area contributed by atoms with Gasteiger partial charge in [0.1, 0.15) is 13.6 Å². The molecule has 3 aromatic carbocycles. The van der Waals surface area contributed by atoms with E-state index in [0.29, 0.717) is 0 Å². The molecule has 9 heteroatoms. The molecule has 6 nitrogen and oxygen atoms in total. The summed E-state index contributed by atoms with van der Waals surface area (Å²) in [5.74, 6) is -0.501. The van der Waals surface area contributed by atoms with Crippen LogP contribution < -0.4 is 0 Å². The quantitative estimate of drug-likeness (QED) is 0.124. The molecule has 0 aliphatic heterocycles. The molecule has 0 N–H and O–H groups in total. The van der Waals surface area contributed by atoms with Gasteiger partial charge in [-0.15, -0.1) is 0 Å². The zero-order valence-corrected chi connectivity index (χ0v) is 21.1. The van der Waals surface area contributed by atoms with E-state index in [4.69, 9.17) is 23.7 Å². The summed E-state index contributed by atoms with van der Waals surface area (Å²) in [6.45, 7) is -0.385. The predicted molar refractivity (Wildman–Crippen MR) is 134 cm³/mol. The van der Waals surface area contributed by atoms with Crippen LogP contribution in [0.1, 0.15) is 47.3 Å². The fraction of sp³-hybridized carbons (Fsp3) is 0.345. The minimum atomic E-state index is -4.72. The van der Waals surface area contributed by atoms with Crippen LogP contribution in [0.3, 0.4) is 0 Å². The van der Waals surface area contributed by atoms with Crippen molar-refractivity contribution in [3.63, 3.8) is 0 Å². The lowest BCUT2D eigenvalue weighted by atomic mass is 9.95. The predicted octanol–water partition coefficient (Wildman–Crippen LogP) is 6.67. The van der Waals surface area contributed by atoms with Gasteiger partial charge in [-0.1, -0.05) is 84.9 Å². The molecule has 0 saturated carbocycles. The van der Waals surface area contributed by atoms with Gasteiger partial charge in [0.2, 0.25) is 0 Å². The Balaban J connectivity index is 1.72. The van der Waals surface area contributed by atoms with Crippen LogP contribution in [0.2, 0.25) is 0 Å². The van der Waals surface area contributed by atoms with Gasteiger partial charge in [0.25, 0.3) is 0 Å². The number of hydrogen-bond acceptors (Lipinski definition) is 6. The largest absolute Gasteiger partial charge is 0.469 e. The minimum Gasteiger partial charge on any atom is -0.469 e. The molecule has 3 aromatic rings. The Bertz CT molecular complexity index is 1090. The highest BCUT2D eigenvalue weighted by Crippen LogP contribution is 2.40. The molecule has 0 amide bonds. The first-order valence-electron chi connectivity index (χ1n) is 12.1. The first-order valence-corrected chi connectivity index (χ1v) is 12.1. The summed E-state index contributed by atoms with van der Waals surface area (Å²) in [6, 6.07) is 24.4. The van der Waals surface area contributed by atoms with Crippen LogP contribution in [0.25, 0.3) is 0 Å². The third-order valence-corrected chi connectivity index (χ3v) is 5.65. The lowest BCUT2D eigenvalue weighted by Crippen LogP contribution is -2.26. The number of rotatable bonds is 15. The number of esters is 1. The fourth-order valence-corrected chi connectivity index (χ4v) is 3.80. The third kappa shape index (κ3) is 9.57. The van der Waals surface area contributed by atoms with E-state index in [2.05, 4.69) is 0 Å². The number of halogens is 3. The van der Waals surface area contributed by atoms with E-state index in [1.807, 2.05) is 48.5 Å². The van der Waals surface area contributed by atoms with Crippen LogP contribution in [-0.2, 0) is 41.7 Å². The number of hydrogen-bond donors (Lipinski definition) is 0. The highest BCUT2D eigenvalue weighted by molar-refractivity contribution is 5.69. The van der Waals surface area contributed by atoms with Crippen molar-refractivity contribution in [2.24, 2.45) is 0 Å². The molecule has 2 unspecified atom stereocenters. The molecule has 0 spiro atoms. The second kappa shape index (κ2) is 15.2. The molecule has 0 aliphatic rings. The highest BCUT2D eigenvalue weighted by Gasteiger charge is 2.43. The van der Waals surface area contributed by atoms with Crippen LogP contribution in [0.5, 0.6) is 0 Å². The van der Waals surface area contributed by atoms with Crippen molar-refractivity contribution < 1.29 is 41.7 Å². The third-order valence-electron chi connectivity index (χ3n) is 5.65. The molecule has 204 valence electrons. The average Bonchev–Trinajstić information content (AvgIpc) is 2.93. The monoisotopic (exact) mass is 532 g/mol. The van der Waals surface area contributed by atoms with E-state index in [9.17, 15) is 18.0 Å². The maximum Gasteiger partial charge on any atom is 0.418 e. The molecular formula is C29H31F3O6. The molecule has 0 saturated heterocycles. The van der Waals surface area contributed by atoms with Gasteiger partial charge in [0, 0.05) is 6.42 Å². The number of ether oxygens (including phenoxy) is 5. The van der Waals surface area contributed by atoms with Crippen molar-refractivity contribution in [3.8, 4) is 0 Å². The van der Waals surface area contributed by atoms with Crippen molar-refractivity contribution in [2.45, 2.75) is 44.4 Å². The molecular weight excluding hydrogens is 501 g/mol. The number of carbonyl (C=O) groups is 1. The molecule has 3 rings (SSSR count). The van der Waals surface area contributed by atoms with Crippen LogP contribution >= 0.6 is 0 Å². The van der Waals surface area contributed by atoms with Crippen molar-refractivity contribution >= 4 is 5.97 Å². The lowest BCUT2D eigenvalue weighted by Gasteiger charge is -2.27. The Labute approximate surface area is 220 Å². The molecule has 0 radical (unpaired) electrons. The number of methoxy groups -OCH3 is 1. The zero-order valence-electron chi connectivity index (χ0n) is 21.1. The molecule has 0 bridgehead atoms. The van der Waals surface area contributed by atoms with Gasteiger partial charge in [-0.25, -0.2) is 0 Å². The van der Waals surface area contributed by atoms with E-state index in [1.54, 1.807) is 18.2 Å². The van der Waals surface area contributed by atoms with E-state index >= 15 is 0 Å². The smallest absolute Gasteiger partial charge is 0.418 e. The normalized spacial score (nSPS) is 13.2. The Hall–Kier alpha value is -3.24. The first kappa shape index (κ1) is 29.3. The number of carbonyl (C=O) groups excluding carboxylic acids is 1. The second-order valence-electron chi connectivity index (χ2n) is 8.39. The summed E-state index contributed by atoms with van der Waals surface area (Å²) in [5.41, 5.74) is 1.85. The van der Waals surface area contributed by atoms with Gasteiger partial charge in [-0.2, -0.15) is 13.2 Å². The van der Waals surface area contributed by atoms with E-state index in [0.717, 1.165) is 11.1 Å². The summed E-state index contributed by atoms with van der Waals surface area (Å²) in [5, 5.41) is 0. The number of benzene rings is 3. The molecule has 0 heterocycles. The van der Waals surface area contributed by atoms with Crippen LogP contribution in [0.15, 0.2) is 84.9 Å². The Morgan fingerprint density at radius 1 is 0.737 bits per heavy atom. The summed E-state index contributed by atoms with van der Waals surface area (Å²) in [7, 11) is 1.25. The van der Waals surface area contributed by atoms with Crippen molar-refractivity contribution in [1.29, 1.82) is 0 Å². The maximum absolute atomic E-state index is 14.1. The number of alkyl halides is 3. The second-order valence-corrected chi connectivity index (χ2v) is 8.39. The topological polar surface area (TPSA) is 63.2 Å². The standard InChI is InChI=1S/C29H31F3O6/c1-34-27(33)17-16-26(37-20-35-18-22-10-4-2-5-11-22)24-14-8-9-15-25(24)28(29(30,31)32)38-21-36-19-23-12-6-3-7-13-23/h2-15,26,28H,16-21H2,1H3. The van der Waals surface area contributed by atoms with E-state index in [1.165, 1.54) is 25.3 Å². The Morgan fingerprint density at radius 3 is 1.76 bits per heavy atom. The van der Waals surface area contributed by atoms with Gasteiger partial charge in [0.05, 0.1) is 26.4 Å². The summed E-state index contributed by atoms with van der Waals surface area (Å²) in [6.07, 6.45) is -7.81.